The van der Waals surface area contributed by atoms with Gasteiger partial charge >= 0.3 is 0 Å². The maximum atomic E-state index is 5.47. The smallest absolute Gasteiger partial charge is 0.130 e. The molecule has 5 nitrogen and oxygen atoms in total. The van der Waals surface area contributed by atoms with Gasteiger partial charge in [0, 0.05) is 25.4 Å². The van der Waals surface area contributed by atoms with Crippen LogP contribution in [0.1, 0.15) is 30.4 Å². The molecule has 5 heteroatoms. The standard InChI is InChI=1S/C16H27N3O2/c1-3-17-11-13-4-5-15-14(10-13)12-18-16(19-15)6-7-21-9-8-20-2/h12-13,17H,3-11H2,1-2H3. The van der Waals surface area contributed by atoms with E-state index in [2.05, 4.69) is 17.2 Å². The van der Waals surface area contributed by atoms with Crippen molar-refractivity contribution in [1.82, 2.24) is 15.3 Å². The van der Waals surface area contributed by atoms with E-state index in [4.69, 9.17) is 14.5 Å². The molecule has 0 spiro atoms. The van der Waals surface area contributed by atoms with Crippen LogP contribution in [0.25, 0.3) is 0 Å². The monoisotopic (exact) mass is 293 g/mol. The van der Waals surface area contributed by atoms with Gasteiger partial charge in [-0.05, 0) is 43.8 Å². The maximum absolute atomic E-state index is 5.47. The summed E-state index contributed by atoms with van der Waals surface area (Å²) in [5.41, 5.74) is 2.57. The fourth-order valence-corrected chi connectivity index (χ4v) is 2.68. The Kier molecular flexibility index (Phi) is 7.06. The lowest BCUT2D eigenvalue weighted by Gasteiger charge is -2.24. The molecule has 0 aliphatic heterocycles. The largest absolute Gasteiger partial charge is 0.382 e. The Morgan fingerprint density at radius 3 is 3.05 bits per heavy atom. The third-order valence-electron chi connectivity index (χ3n) is 3.89. The Hall–Kier alpha value is -1.04. The van der Waals surface area contributed by atoms with Crippen LogP contribution in [0, 0.1) is 5.92 Å². The van der Waals surface area contributed by atoms with Crippen LogP contribution in [0.4, 0.5) is 0 Å². The molecule has 1 aliphatic rings. The van der Waals surface area contributed by atoms with Crippen LogP contribution in [0.3, 0.4) is 0 Å². The van der Waals surface area contributed by atoms with Crippen molar-refractivity contribution in [2.24, 2.45) is 5.92 Å². The third-order valence-corrected chi connectivity index (χ3v) is 3.89. The lowest BCUT2D eigenvalue weighted by atomic mass is 9.87. The highest BCUT2D eigenvalue weighted by Crippen LogP contribution is 2.23. The minimum Gasteiger partial charge on any atom is -0.382 e. The predicted octanol–water partition coefficient (Wildman–Crippen LogP) is 1.40. The topological polar surface area (TPSA) is 56.3 Å². The molecule has 21 heavy (non-hydrogen) atoms. The molecule has 1 unspecified atom stereocenters. The van der Waals surface area contributed by atoms with Crippen molar-refractivity contribution < 1.29 is 9.47 Å². The molecule has 1 atom stereocenters. The molecule has 1 aromatic rings. The number of ether oxygens (including phenoxy) is 2. The number of hydrogen-bond donors (Lipinski definition) is 1. The van der Waals surface area contributed by atoms with Gasteiger partial charge in [0.2, 0.25) is 0 Å². The molecule has 0 amide bonds. The van der Waals surface area contributed by atoms with Gasteiger partial charge in [0.1, 0.15) is 5.82 Å². The number of hydrogen-bond acceptors (Lipinski definition) is 5. The lowest BCUT2D eigenvalue weighted by molar-refractivity contribution is 0.0716. The molecule has 0 bridgehead atoms. The molecule has 0 radical (unpaired) electrons. The minimum absolute atomic E-state index is 0.632. The van der Waals surface area contributed by atoms with Gasteiger partial charge in [0.25, 0.3) is 0 Å². The van der Waals surface area contributed by atoms with Crippen LogP contribution in [0.5, 0.6) is 0 Å². The zero-order chi connectivity index (χ0) is 14.9. The SMILES string of the molecule is CCNCC1CCc2nc(CCOCCOC)ncc2C1. The molecule has 1 heterocycles. The van der Waals surface area contributed by atoms with E-state index in [1.54, 1.807) is 7.11 Å². The zero-order valence-electron chi connectivity index (χ0n) is 13.2. The van der Waals surface area contributed by atoms with Crippen molar-refractivity contribution in [3.8, 4) is 0 Å². The summed E-state index contributed by atoms with van der Waals surface area (Å²) in [6, 6.07) is 0. The zero-order valence-corrected chi connectivity index (χ0v) is 13.2. The molecule has 1 N–H and O–H groups in total. The fraction of sp³-hybridized carbons (Fsp3) is 0.750. The van der Waals surface area contributed by atoms with Crippen LogP contribution in [-0.2, 0) is 28.7 Å². The summed E-state index contributed by atoms with van der Waals surface area (Å²) in [5.74, 6) is 1.63. The molecular formula is C16H27N3O2. The normalized spacial score (nSPS) is 17.7. The summed E-state index contributed by atoms with van der Waals surface area (Å²) in [5, 5.41) is 3.44. The van der Waals surface area contributed by atoms with Crippen LogP contribution in [-0.4, -0.2) is 50.0 Å². The number of methoxy groups -OCH3 is 1. The van der Waals surface area contributed by atoms with Gasteiger partial charge in [-0.1, -0.05) is 6.92 Å². The Morgan fingerprint density at radius 1 is 1.33 bits per heavy atom. The number of aryl methyl sites for hydroxylation is 1. The Morgan fingerprint density at radius 2 is 2.24 bits per heavy atom. The average Bonchev–Trinajstić information content (AvgIpc) is 2.52. The summed E-state index contributed by atoms with van der Waals surface area (Å²) in [6.07, 6.45) is 6.20. The van der Waals surface area contributed by atoms with Crippen molar-refractivity contribution in [1.29, 1.82) is 0 Å². The highest BCUT2D eigenvalue weighted by Gasteiger charge is 2.20. The van der Waals surface area contributed by atoms with E-state index < -0.39 is 0 Å². The summed E-state index contributed by atoms with van der Waals surface area (Å²) in [7, 11) is 1.68. The molecule has 1 aliphatic carbocycles. The molecule has 0 aromatic carbocycles. The van der Waals surface area contributed by atoms with E-state index in [0.29, 0.717) is 19.8 Å². The number of nitrogens with one attached hydrogen (secondary N) is 1. The van der Waals surface area contributed by atoms with Gasteiger partial charge < -0.3 is 14.8 Å². The Balaban J connectivity index is 1.80. The number of aromatic nitrogens is 2. The van der Waals surface area contributed by atoms with Crippen molar-refractivity contribution in [2.75, 3.05) is 40.0 Å². The third kappa shape index (κ3) is 5.34. The first-order valence-corrected chi connectivity index (χ1v) is 7.94. The first kappa shape index (κ1) is 16.3. The quantitative estimate of drug-likeness (QED) is 0.697. The first-order valence-electron chi connectivity index (χ1n) is 7.94. The minimum atomic E-state index is 0.632. The number of rotatable bonds is 9. The summed E-state index contributed by atoms with van der Waals surface area (Å²) >= 11 is 0. The Labute approximate surface area is 127 Å². The lowest BCUT2D eigenvalue weighted by Crippen LogP contribution is -2.28. The van der Waals surface area contributed by atoms with Crippen molar-refractivity contribution in [3.05, 3.63) is 23.3 Å². The van der Waals surface area contributed by atoms with Crippen molar-refractivity contribution >= 4 is 0 Å². The van der Waals surface area contributed by atoms with Crippen LogP contribution < -0.4 is 5.32 Å². The molecule has 0 saturated heterocycles. The second-order valence-electron chi connectivity index (χ2n) is 5.53. The molecule has 1 aromatic heterocycles. The van der Waals surface area contributed by atoms with E-state index in [0.717, 1.165) is 44.1 Å². The number of nitrogens with zero attached hydrogens (tertiary/aromatic N) is 2. The summed E-state index contributed by atoms with van der Waals surface area (Å²) < 4.78 is 10.4. The maximum Gasteiger partial charge on any atom is 0.130 e. The van der Waals surface area contributed by atoms with Gasteiger partial charge in [0.05, 0.1) is 19.8 Å². The van der Waals surface area contributed by atoms with Crippen LogP contribution in [0.15, 0.2) is 6.20 Å². The van der Waals surface area contributed by atoms with E-state index in [9.17, 15) is 0 Å². The molecule has 118 valence electrons. The van der Waals surface area contributed by atoms with E-state index in [1.807, 2.05) is 6.20 Å². The van der Waals surface area contributed by atoms with Gasteiger partial charge in [-0.3, -0.25) is 0 Å². The van der Waals surface area contributed by atoms with Gasteiger partial charge in [-0.25, -0.2) is 9.97 Å². The Bertz CT molecular complexity index is 426. The van der Waals surface area contributed by atoms with Gasteiger partial charge in [-0.2, -0.15) is 0 Å². The van der Waals surface area contributed by atoms with Crippen LogP contribution in [0.2, 0.25) is 0 Å². The van der Waals surface area contributed by atoms with E-state index in [1.165, 1.54) is 17.7 Å². The number of fused-ring (bicyclic) bond motifs is 1. The fourth-order valence-electron chi connectivity index (χ4n) is 2.68. The highest BCUT2D eigenvalue weighted by atomic mass is 16.5. The summed E-state index contributed by atoms with van der Waals surface area (Å²) in [4.78, 5) is 9.18. The molecular weight excluding hydrogens is 266 g/mol. The van der Waals surface area contributed by atoms with Crippen LogP contribution >= 0.6 is 0 Å². The van der Waals surface area contributed by atoms with Crippen molar-refractivity contribution in [2.45, 2.75) is 32.6 Å². The van der Waals surface area contributed by atoms with Gasteiger partial charge in [-0.15, -0.1) is 0 Å². The second kappa shape index (κ2) is 9.07. The summed E-state index contributed by atoms with van der Waals surface area (Å²) in [6.45, 7) is 6.23. The molecule has 2 rings (SSSR count). The first-order chi connectivity index (χ1) is 10.3. The van der Waals surface area contributed by atoms with E-state index >= 15 is 0 Å². The van der Waals surface area contributed by atoms with Crippen molar-refractivity contribution in [3.63, 3.8) is 0 Å². The highest BCUT2D eigenvalue weighted by molar-refractivity contribution is 5.21. The molecule has 0 fully saturated rings. The molecule has 0 saturated carbocycles. The van der Waals surface area contributed by atoms with E-state index in [-0.39, 0.29) is 0 Å². The average molecular weight is 293 g/mol. The second-order valence-corrected chi connectivity index (χ2v) is 5.53. The predicted molar refractivity (Wildman–Crippen MR) is 82.5 cm³/mol. The van der Waals surface area contributed by atoms with Gasteiger partial charge in [0.15, 0.2) is 0 Å².